The van der Waals surface area contributed by atoms with Crippen LogP contribution in [-0.4, -0.2) is 16.4 Å². The summed E-state index contributed by atoms with van der Waals surface area (Å²) in [6.45, 7) is 0.180. The van der Waals surface area contributed by atoms with Gasteiger partial charge < -0.3 is 4.74 Å². The summed E-state index contributed by atoms with van der Waals surface area (Å²) in [6, 6.07) is 2.35. The van der Waals surface area contributed by atoms with Crippen molar-refractivity contribution in [2.45, 2.75) is 12.3 Å². The van der Waals surface area contributed by atoms with Crippen molar-refractivity contribution < 1.29 is 13.5 Å². The highest BCUT2D eigenvalue weighted by atomic mass is 35.5. The first-order valence-electron chi connectivity index (χ1n) is 5.74. The second-order valence-corrected chi connectivity index (χ2v) is 4.41. The molecule has 0 atom stereocenters. The molecule has 2 rings (SSSR count). The number of benzene rings is 1. The highest BCUT2D eigenvalue weighted by Gasteiger charge is 2.12. The van der Waals surface area contributed by atoms with Crippen molar-refractivity contribution >= 4 is 11.6 Å². The van der Waals surface area contributed by atoms with Crippen molar-refractivity contribution in [3.8, 4) is 5.75 Å². The van der Waals surface area contributed by atoms with Gasteiger partial charge in [-0.3, -0.25) is 4.68 Å². The van der Waals surface area contributed by atoms with Gasteiger partial charge in [-0.25, -0.2) is 8.78 Å². The van der Waals surface area contributed by atoms with Gasteiger partial charge in [-0.05, 0) is 23.3 Å². The molecule has 3 nitrogen and oxygen atoms in total. The lowest BCUT2D eigenvalue weighted by molar-refractivity contribution is 0.288. The van der Waals surface area contributed by atoms with E-state index in [9.17, 15) is 8.78 Å². The monoisotopic (exact) mass is 286 g/mol. The molecule has 102 valence electrons. The normalized spacial score (nSPS) is 10.7. The molecule has 0 saturated heterocycles. The summed E-state index contributed by atoms with van der Waals surface area (Å²) >= 11 is 5.53. The fourth-order valence-electron chi connectivity index (χ4n) is 1.70. The van der Waals surface area contributed by atoms with Crippen molar-refractivity contribution in [3.63, 3.8) is 0 Å². The van der Waals surface area contributed by atoms with E-state index >= 15 is 0 Å². The Kier molecular flexibility index (Phi) is 4.37. The van der Waals surface area contributed by atoms with E-state index in [-0.39, 0.29) is 18.2 Å². The maximum atomic E-state index is 13.6. The Morgan fingerprint density at radius 1 is 1.26 bits per heavy atom. The second kappa shape index (κ2) is 6.02. The number of aromatic nitrogens is 2. The molecule has 0 N–H and O–H groups in total. The Morgan fingerprint density at radius 2 is 1.95 bits per heavy atom. The minimum atomic E-state index is -0.734. The zero-order valence-corrected chi connectivity index (χ0v) is 11.1. The summed E-state index contributed by atoms with van der Waals surface area (Å²) in [7, 11) is 1.80. The molecule has 19 heavy (non-hydrogen) atoms. The van der Waals surface area contributed by atoms with E-state index < -0.39 is 11.6 Å². The average Bonchev–Trinajstić information content (AvgIpc) is 2.78. The minimum absolute atomic E-state index is 0.0593. The molecule has 0 unspecified atom stereocenters. The molecular weight excluding hydrogens is 274 g/mol. The van der Waals surface area contributed by atoms with Crippen molar-refractivity contribution in [3.05, 3.63) is 47.3 Å². The van der Waals surface area contributed by atoms with Crippen molar-refractivity contribution in [2.24, 2.45) is 7.05 Å². The smallest absolute Gasteiger partial charge is 0.190 e. The van der Waals surface area contributed by atoms with Crippen LogP contribution in [0.5, 0.6) is 5.75 Å². The summed E-state index contributed by atoms with van der Waals surface area (Å²) in [5.74, 6) is -1.77. The van der Waals surface area contributed by atoms with E-state index in [0.717, 1.165) is 5.56 Å². The largest absolute Gasteiger partial charge is 0.487 e. The molecule has 0 fully saturated rings. The molecule has 0 saturated carbocycles. The first-order valence-corrected chi connectivity index (χ1v) is 6.28. The Balaban J connectivity index is 1.99. The second-order valence-electron chi connectivity index (χ2n) is 4.14. The summed E-state index contributed by atoms with van der Waals surface area (Å²) in [5, 5.41) is 4.00. The number of hydrogen-bond donors (Lipinski definition) is 0. The summed E-state index contributed by atoms with van der Waals surface area (Å²) < 4.78 is 34.0. The van der Waals surface area contributed by atoms with Gasteiger partial charge in [0.15, 0.2) is 17.4 Å². The Bertz CT molecular complexity index is 549. The average molecular weight is 287 g/mol. The van der Waals surface area contributed by atoms with Gasteiger partial charge in [0.25, 0.3) is 0 Å². The zero-order valence-electron chi connectivity index (χ0n) is 10.4. The van der Waals surface area contributed by atoms with Gasteiger partial charge in [0.1, 0.15) is 0 Å². The fourth-order valence-corrected chi connectivity index (χ4v) is 1.85. The van der Waals surface area contributed by atoms with Crippen LogP contribution in [-0.2, 0) is 19.3 Å². The summed E-state index contributed by atoms with van der Waals surface area (Å²) in [5.41, 5.74) is 1.33. The molecular formula is C13H13ClF2N2O. The number of alkyl halides is 1. The SMILES string of the molecule is Cn1cc(CCOc2c(F)cc(CCl)cc2F)cn1. The number of halogens is 3. The molecule has 0 amide bonds. The molecule has 0 aliphatic heterocycles. The molecule has 1 aromatic carbocycles. The van der Waals surface area contributed by atoms with Crippen molar-refractivity contribution in [2.75, 3.05) is 6.61 Å². The zero-order chi connectivity index (χ0) is 13.8. The van der Waals surface area contributed by atoms with Crippen LogP contribution in [0.4, 0.5) is 8.78 Å². The Hall–Kier alpha value is -1.62. The molecule has 6 heteroatoms. The molecule has 1 heterocycles. The van der Waals surface area contributed by atoms with E-state index in [1.165, 1.54) is 12.1 Å². The molecule has 2 aromatic rings. The first kappa shape index (κ1) is 13.8. The highest BCUT2D eigenvalue weighted by molar-refractivity contribution is 6.17. The number of rotatable bonds is 5. The van der Waals surface area contributed by atoms with Crippen LogP contribution in [0.15, 0.2) is 24.5 Å². The standard InChI is InChI=1S/C13H13ClF2N2O/c1-18-8-9(7-17-18)2-3-19-13-11(15)4-10(6-14)5-12(13)16/h4-5,7-8H,2-3,6H2,1H3. The molecule has 0 bridgehead atoms. The summed E-state index contributed by atoms with van der Waals surface area (Å²) in [6.07, 6.45) is 4.04. The predicted octanol–water partition coefficient (Wildman–Crippen LogP) is 3.06. The fraction of sp³-hybridized carbons (Fsp3) is 0.308. The first-order chi connectivity index (χ1) is 9.10. The number of nitrogens with zero attached hydrogens (tertiary/aromatic N) is 2. The molecule has 0 aliphatic carbocycles. The lowest BCUT2D eigenvalue weighted by Crippen LogP contribution is -2.04. The van der Waals surface area contributed by atoms with E-state index in [4.69, 9.17) is 16.3 Å². The van der Waals surface area contributed by atoms with Gasteiger partial charge in [0, 0.05) is 25.5 Å². The molecule has 0 radical (unpaired) electrons. The predicted molar refractivity (Wildman–Crippen MR) is 68.3 cm³/mol. The van der Waals surface area contributed by atoms with Crippen LogP contribution in [0.2, 0.25) is 0 Å². The van der Waals surface area contributed by atoms with Crippen molar-refractivity contribution in [1.29, 1.82) is 0 Å². The van der Waals surface area contributed by atoms with E-state index in [1.54, 1.807) is 17.9 Å². The van der Waals surface area contributed by atoms with Gasteiger partial charge in [0.05, 0.1) is 12.8 Å². The molecule has 0 spiro atoms. The van der Waals surface area contributed by atoms with Crippen LogP contribution < -0.4 is 4.74 Å². The maximum absolute atomic E-state index is 13.6. The topological polar surface area (TPSA) is 27.1 Å². The van der Waals surface area contributed by atoms with Gasteiger partial charge in [0.2, 0.25) is 0 Å². The van der Waals surface area contributed by atoms with Crippen LogP contribution in [0.3, 0.4) is 0 Å². The Labute approximate surface area is 114 Å². The third-order valence-electron chi connectivity index (χ3n) is 2.61. The Morgan fingerprint density at radius 3 is 2.47 bits per heavy atom. The van der Waals surface area contributed by atoms with E-state index in [1.807, 2.05) is 6.20 Å². The quantitative estimate of drug-likeness (QED) is 0.790. The van der Waals surface area contributed by atoms with Gasteiger partial charge in [-0.2, -0.15) is 5.10 Å². The highest BCUT2D eigenvalue weighted by Crippen LogP contribution is 2.24. The number of aryl methyl sites for hydroxylation is 1. The van der Waals surface area contributed by atoms with Crippen LogP contribution >= 0.6 is 11.6 Å². The third kappa shape index (κ3) is 3.44. The van der Waals surface area contributed by atoms with Gasteiger partial charge in [-0.1, -0.05) is 0 Å². The molecule has 1 aromatic heterocycles. The van der Waals surface area contributed by atoms with Crippen molar-refractivity contribution in [1.82, 2.24) is 9.78 Å². The molecule has 0 aliphatic rings. The maximum Gasteiger partial charge on any atom is 0.190 e. The van der Waals surface area contributed by atoms with Gasteiger partial charge >= 0.3 is 0 Å². The minimum Gasteiger partial charge on any atom is -0.487 e. The van der Waals surface area contributed by atoms with Gasteiger partial charge in [-0.15, -0.1) is 11.6 Å². The van der Waals surface area contributed by atoms with E-state index in [2.05, 4.69) is 5.10 Å². The lowest BCUT2D eigenvalue weighted by atomic mass is 10.2. The lowest BCUT2D eigenvalue weighted by Gasteiger charge is -2.08. The van der Waals surface area contributed by atoms with E-state index in [0.29, 0.717) is 12.0 Å². The van der Waals surface area contributed by atoms with Crippen LogP contribution in [0.1, 0.15) is 11.1 Å². The van der Waals surface area contributed by atoms with Crippen LogP contribution in [0, 0.1) is 11.6 Å². The van der Waals surface area contributed by atoms with Crippen LogP contribution in [0.25, 0.3) is 0 Å². The number of ether oxygens (including phenoxy) is 1. The number of hydrogen-bond acceptors (Lipinski definition) is 2. The summed E-state index contributed by atoms with van der Waals surface area (Å²) in [4.78, 5) is 0. The third-order valence-corrected chi connectivity index (χ3v) is 2.92.